The predicted octanol–water partition coefficient (Wildman–Crippen LogP) is 4.90. The van der Waals surface area contributed by atoms with E-state index in [1.165, 1.54) is 22.1 Å². The number of fused-ring (bicyclic) bond motifs is 2. The fraction of sp³-hybridized carbons (Fsp3) is 0.375. The third-order valence-corrected chi connectivity index (χ3v) is 5.83. The van der Waals surface area contributed by atoms with Crippen molar-refractivity contribution in [1.82, 2.24) is 9.88 Å². The molecule has 0 unspecified atom stereocenters. The zero-order chi connectivity index (χ0) is 18.6. The molecule has 0 fully saturated rings. The van der Waals surface area contributed by atoms with Crippen LogP contribution in [-0.4, -0.2) is 28.4 Å². The van der Waals surface area contributed by atoms with Crippen LogP contribution in [0.25, 0.3) is 10.9 Å². The third-order valence-electron chi connectivity index (χ3n) is 5.83. The molecule has 3 heteroatoms. The number of aromatic amines is 1. The number of nitrogens with one attached hydrogen (secondary N) is 1. The van der Waals surface area contributed by atoms with Crippen molar-refractivity contribution in [2.45, 2.75) is 51.5 Å². The number of rotatable bonds is 6. The van der Waals surface area contributed by atoms with Gasteiger partial charge in [-0.1, -0.05) is 49.4 Å². The highest BCUT2D eigenvalue weighted by molar-refractivity contribution is 5.84. The van der Waals surface area contributed by atoms with Gasteiger partial charge in [0.25, 0.3) is 0 Å². The van der Waals surface area contributed by atoms with E-state index in [2.05, 4.69) is 65.5 Å². The molecule has 1 N–H and O–H groups in total. The summed E-state index contributed by atoms with van der Waals surface area (Å²) in [5.41, 5.74) is 5.26. The monoisotopic (exact) mass is 360 g/mol. The van der Waals surface area contributed by atoms with E-state index in [1.54, 1.807) is 0 Å². The lowest BCUT2D eigenvalue weighted by molar-refractivity contribution is -0.133. The molecule has 0 radical (unpaired) electrons. The van der Waals surface area contributed by atoms with Gasteiger partial charge < -0.3 is 9.88 Å². The van der Waals surface area contributed by atoms with Gasteiger partial charge in [-0.15, -0.1) is 0 Å². The predicted molar refractivity (Wildman–Crippen MR) is 111 cm³/mol. The van der Waals surface area contributed by atoms with Crippen molar-refractivity contribution in [3.8, 4) is 0 Å². The van der Waals surface area contributed by atoms with E-state index >= 15 is 0 Å². The minimum absolute atomic E-state index is 0.298. The van der Waals surface area contributed by atoms with Crippen molar-refractivity contribution in [2.75, 3.05) is 6.54 Å². The van der Waals surface area contributed by atoms with Gasteiger partial charge in [0.15, 0.2) is 0 Å². The number of para-hydroxylation sites is 1. The van der Waals surface area contributed by atoms with E-state index in [1.807, 2.05) is 6.07 Å². The van der Waals surface area contributed by atoms with Crippen LogP contribution in [0.1, 0.15) is 42.9 Å². The molecule has 0 spiro atoms. The Hall–Kier alpha value is -2.55. The van der Waals surface area contributed by atoms with Crippen LogP contribution < -0.4 is 0 Å². The average Bonchev–Trinajstić information content (AvgIpc) is 3.13. The van der Waals surface area contributed by atoms with Crippen molar-refractivity contribution in [1.29, 1.82) is 0 Å². The Labute approximate surface area is 161 Å². The molecule has 1 aliphatic carbocycles. The molecule has 2 aromatic carbocycles. The zero-order valence-corrected chi connectivity index (χ0v) is 16.1. The number of hydrogen-bond donors (Lipinski definition) is 1. The molecule has 1 aromatic heterocycles. The van der Waals surface area contributed by atoms with Crippen LogP contribution in [0.15, 0.2) is 54.7 Å². The molecule has 0 aliphatic heterocycles. The summed E-state index contributed by atoms with van der Waals surface area (Å²) in [7, 11) is 0. The van der Waals surface area contributed by atoms with E-state index in [0.29, 0.717) is 18.4 Å². The van der Waals surface area contributed by atoms with E-state index in [9.17, 15) is 4.79 Å². The summed E-state index contributed by atoms with van der Waals surface area (Å²) in [6.45, 7) is 3.02. The summed E-state index contributed by atoms with van der Waals surface area (Å²) in [6, 6.07) is 17.4. The summed E-state index contributed by atoms with van der Waals surface area (Å²) in [6.07, 6.45) is 7.60. The zero-order valence-electron chi connectivity index (χ0n) is 16.1. The topological polar surface area (TPSA) is 36.1 Å². The maximum atomic E-state index is 13.1. The molecule has 4 rings (SSSR count). The quantitative estimate of drug-likeness (QED) is 0.667. The summed E-state index contributed by atoms with van der Waals surface area (Å²) >= 11 is 0. The van der Waals surface area contributed by atoms with Gasteiger partial charge in [0.05, 0.1) is 0 Å². The summed E-state index contributed by atoms with van der Waals surface area (Å²) in [5.74, 6) is 0.298. The van der Waals surface area contributed by atoms with Crippen molar-refractivity contribution in [3.63, 3.8) is 0 Å². The van der Waals surface area contributed by atoms with E-state index in [0.717, 1.165) is 44.2 Å². The Bertz CT molecular complexity index is 927. The summed E-state index contributed by atoms with van der Waals surface area (Å²) in [4.78, 5) is 18.6. The van der Waals surface area contributed by atoms with Gasteiger partial charge in [0, 0.05) is 36.1 Å². The fourth-order valence-corrected chi connectivity index (χ4v) is 4.42. The maximum absolute atomic E-state index is 13.1. The Morgan fingerprint density at radius 2 is 1.89 bits per heavy atom. The fourth-order valence-electron chi connectivity index (χ4n) is 4.42. The van der Waals surface area contributed by atoms with Gasteiger partial charge in [-0.05, 0) is 54.9 Å². The first-order valence-electron chi connectivity index (χ1n) is 10.2. The standard InChI is InChI=1S/C24H28N2O/c1-2-15-26(21-13-11-18-7-3-4-8-19(18)16-21)24(27)14-12-20-17-25-23-10-6-5-9-22(20)23/h3-10,17,21,25H,2,11-16H2,1H3/t21-/m0/s1. The van der Waals surface area contributed by atoms with Crippen molar-refractivity contribution in [3.05, 3.63) is 71.4 Å². The van der Waals surface area contributed by atoms with Crippen LogP contribution in [0.5, 0.6) is 0 Å². The highest BCUT2D eigenvalue weighted by Gasteiger charge is 2.26. The normalized spacial score (nSPS) is 16.3. The number of hydrogen-bond acceptors (Lipinski definition) is 1. The average molecular weight is 361 g/mol. The largest absolute Gasteiger partial charge is 0.361 e. The third kappa shape index (κ3) is 3.78. The SMILES string of the molecule is CCCN(C(=O)CCc1c[nH]c2ccccc12)[C@H]1CCc2ccccc2C1. The molecule has 0 saturated carbocycles. The number of carbonyl (C=O) groups excluding carboxylic acids is 1. The van der Waals surface area contributed by atoms with Crippen LogP contribution in [-0.2, 0) is 24.1 Å². The minimum atomic E-state index is 0.298. The molecule has 1 aliphatic rings. The highest BCUT2D eigenvalue weighted by atomic mass is 16.2. The first-order valence-corrected chi connectivity index (χ1v) is 10.2. The van der Waals surface area contributed by atoms with Gasteiger partial charge in [-0.25, -0.2) is 0 Å². The van der Waals surface area contributed by atoms with Gasteiger partial charge >= 0.3 is 0 Å². The first kappa shape index (κ1) is 17.8. The first-order chi connectivity index (χ1) is 13.3. The van der Waals surface area contributed by atoms with Crippen LogP contribution in [0.3, 0.4) is 0 Å². The van der Waals surface area contributed by atoms with Crippen molar-refractivity contribution in [2.24, 2.45) is 0 Å². The molecule has 140 valence electrons. The lowest BCUT2D eigenvalue weighted by Gasteiger charge is -2.35. The molecule has 1 heterocycles. The lowest BCUT2D eigenvalue weighted by atomic mass is 9.87. The molecule has 1 atom stereocenters. The molecular weight excluding hydrogens is 332 g/mol. The van der Waals surface area contributed by atoms with Gasteiger partial charge in [0.2, 0.25) is 5.91 Å². The number of aromatic nitrogens is 1. The Morgan fingerprint density at radius 3 is 2.74 bits per heavy atom. The molecule has 0 saturated heterocycles. The summed E-state index contributed by atoms with van der Waals surface area (Å²) < 4.78 is 0. The molecule has 3 nitrogen and oxygen atoms in total. The van der Waals surface area contributed by atoms with Crippen molar-refractivity contribution < 1.29 is 4.79 Å². The molecular formula is C24H28N2O. The molecule has 27 heavy (non-hydrogen) atoms. The summed E-state index contributed by atoms with van der Waals surface area (Å²) in [5, 5.41) is 1.24. The number of benzene rings is 2. The second kappa shape index (κ2) is 7.99. The highest BCUT2D eigenvalue weighted by Crippen LogP contribution is 2.26. The van der Waals surface area contributed by atoms with Crippen LogP contribution in [0, 0.1) is 0 Å². The Morgan fingerprint density at radius 1 is 1.11 bits per heavy atom. The number of aryl methyl sites for hydroxylation is 2. The Balaban J connectivity index is 1.45. The second-order valence-corrected chi connectivity index (χ2v) is 7.61. The van der Waals surface area contributed by atoms with E-state index < -0.39 is 0 Å². The number of H-pyrrole nitrogens is 1. The minimum Gasteiger partial charge on any atom is -0.361 e. The number of nitrogens with zero attached hydrogens (tertiary/aromatic N) is 1. The van der Waals surface area contributed by atoms with Crippen LogP contribution >= 0.6 is 0 Å². The van der Waals surface area contributed by atoms with Crippen molar-refractivity contribution >= 4 is 16.8 Å². The van der Waals surface area contributed by atoms with E-state index in [4.69, 9.17) is 0 Å². The van der Waals surface area contributed by atoms with E-state index in [-0.39, 0.29) is 0 Å². The van der Waals surface area contributed by atoms with Crippen LogP contribution in [0.4, 0.5) is 0 Å². The Kier molecular flexibility index (Phi) is 5.28. The lowest BCUT2D eigenvalue weighted by Crippen LogP contribution is -2.44. The van der Waals surface area contributed by atoms with Gasteiger partial charge in [0.1, 0.15) is 0 Å². The van der Waals surface area contributed by atoms with Gasteiger partial charge in [-0.3, -0.25) is 4.79 Å². The maximum Gasteiger partial charge on any atom is 0.223 e. The molecule has 3 aromatic rings. The molecule has 1 amide bonds. The van der Waals surface area contributed by atoms with Crippen LogP contribution in [0.2, 0.25) is 0 Å². The molecule has 0 bridgehead atoms. The smallest absolute Gasteiger partial charge is 0.223 e. The number of carbonyl (C=O) groups is 1. The number of amides is 1. The van der Waals surface area contributed by atoms with Gasteiger partial charge in [-0.2, -0.15) is 0 Å². The second-order valence-electron chi connectivity index (χ2n) is 7.61.